The molecule has 1 unspecified atom stereocenters. The number of nitrogens with one attached hydrogen (secondary N) is 2. The first-order valence-corrected chi connectivity index (χ1v) is 5.71. The van der Waals surface area contributed by atoms with Gasteiger partial charge in [0, 0.05) is 18.8 Å². The zero-order valence-electron chi connectivity index (χ0n) is 9.96. The summed E-state index contributed by atoms with van der Waals surface area (Å²) in [4.78, 5) is 48.9. The van der Waals surface area contributed by atoms with Crippen molar-refractivity contribution in [2.75, 3.05) is 0 Å². The maximum atomic E-state index is 11.7. The van der Waals surface area contributed by atoms with Gasteiger partial charge < -0.3 is 5.32 Å². The van der Waals surface area contributed by atoms with E-state index in [1.165, 1.54) is 18.5 Å². The Hall–Kier alpha value is -2.51. The van der Waals surface area contributed by atoms with E-state index in [0.717, 1.165) is 4.57 Å². The first-order valence-electron chi connectivity index (χ1n) is 5.71. The van der Waals surface area contributed by atoms with Gasteiger partial charge in [0.05, 0.1) is 0 Å². The molecule has 8 heteroatoms. The minimum Gasteiger partial charge on any atom is -0.343 e. The van der Waals surface area contributed by atoms with Gasteiger partial charge in [-0.05, 0) is 12.5 Å². The summed E-state index contributed by atoms with van der Waals surface area (Å²) in [6, 6.07) is 0.790. The summed E-state index contributed by atoms with van der Waals surface area (Å²) in [5.74, 6) is -1.35. The number of aromatic nitrogens is 2. The van der Waals surface area contributed by atoms with Crippen LogP contribution in [0.25, 0.3) is 0 Å². The molecule has 2 rings (SSSR count). The molecule has 3 amide bonds. The van der Waals surface area contributed by atoms with Crippen LogP contribution in [0.5, 0.6) is 0 Å². The predicted molar refractivity (Wildman–Crippen MR) is 62.8 cm³/mol. The van der Waals surface area contributed by atoms with Crippen LogP contribution in [-0.4, -0.2) is 33.3 Å². The Morgan fingerprint density at radius 1 is 1.47 bits per heavy atom. The number of rotatable bonds is 3. The number of piperidine rings is 1. The number of imide groups is 1. The molecule has 0 spiro atoms. The minimum atomic E-state index is -0.738. The molecule has 2 heterocycles. The van der Waals surface area contributed by atoms with Crippen molar-refractivity contribution in [1.82, 2.24) is 20.2 Å². The molecular weight excluding hydrogens is 252 g/mol. The fraction of sp³-hybridized carbons (Fsp3) is 0.364. The first kappa shape index (κ1) is 12.9. The van der Waals surface area contributed by atoms with E-state index in [2.05, 4.69) is 15.6 Å². The predicted octanol–water partition coefficient (Wildman–Crippen LogP) is -1.84. The molecule has 0 aliphatic carbocycles. The second kappa shape index (κ2) is 5.42. The monoisotopic (exact) mass is 264 g/mol. The number of amides is 3. The summed E-state index contributed by atoms with van der Waals surface area (Å²) in [7, 11) is 0. The lowest BCUT2D eigenvalue weighted by molar-refractivity contribution is -0.137. The maximum Gasteiger partial charge on any atom is 0.347 e. The van der Waals surface area contributed by atoms with Crippen LogP contribution in [0, 0.1) is 0 Å². The van der Waals surface area contributed by atoms with Crippen molar-refractivity contribution in [3.8, 4) is 0 Å². The van der Waals surface area contributed by atoms with Crippen molar-refractivity contribution >= 4 is 17.7 Å². The van der Waals surface area contributed by atoms with E-state index < -0.39 is 23.5 Å². The highest BCUT2D eigenvalue weighted by molar-refractivity contribution is 6.01. The van der Waals surface area contributed by atoms with Crippen molar-refractivity contribution in [2.24, 2.45) is 0 Å². The van der Waals surface area contributed by atoms with Crippen molar-refractivity contribution in [3.05, 3.63) is 28.9 Å². The molecule has 19 heavy (non-hydrogen) atoms. The third-order valence-electron chi connectivity index (χ3n) is 2.67. The molecule has 1 aromatic heterocycles. The second-order valence-corrected chi connectivity index (χ2v) is 4.10. The summed E-state index contributed by atoms with van der Waals surface area (Å²) in [5.41, 5.74) is -0.541. The van der Waals surface area contributed by atoms with E-state index >= 15 is 0 Å². The molecule has 0 saturated carbocycles. The second-order valence-electron chi connectivity index (χ2n) is 4.10. The van der Waals surface area contributed by atoms with Gasteiger partial charge in [0.25, 0.3) is 0 Å². The standard InChI is InChI=1S/C11H12N4O4/c16-8-3-2-7(10(18)14-8)13-9(17)6-15-5-1-4-12-11(15)19/h1,4-5,7H,2-3,6H2,(H,13,17)(H,14,16,18). The lowest BCUT2D eigenvalue weighted by Gasteiger charge is -2.21. The molecule has 1 fully saturated rings. The Kier molecular flexibility index (Phi) is 3.69. The van der Waals surface area contributed by atoms with Crippen molar-refractivity contribution in [3.63, 3.8) is 0 Å². The number of nitrogens with zero attached hydrogens (tertiary/aromatic N) is 2. The van der Waals surface area contributed by atoms with Crippen molar-refractivity contribution in [2.45, 2.75) is 25.4 Å². The third kappa shape index (κ3) is 3.24. The number of carbonyl (C=O) groups is 3. The van der Waals surface area contributed by atoms with E-state index in [0.29, 0.717) is 0 Å². The molecule has 1 aromatic rings. The van der Waals surface area contributed by atoms with Crippen LogP contribution in [-0.2, 0) is 20.9 Å². The zero-order chi connectivity index (χ0) is 13.8. The smallest absolute Gasteiger partial charge is 0.343 e. The van der Waals surface area contributed by atoms with Gasteiger partial charge in [-0.1, -0.05) is 0 Å². The fourth-order valence-corrected chi connectivity index (χ4v) is 1.73. The highest BCUT2D eigenvalue weighted by atomic mass is 16.2. The van der Waals surface area contributed by atoms with E-state index in [1.54, 1.807) is 0 Å². The van der Waals surface area contributed by atoms with Gasteiger partial charge in [-0.3, -0.25) is 24.3 Å². The van der Waals surface area contributed by atoms with Crippen LogP contribution in [0.1, 0.15) is 12.8 Å². The van der Waals surface area contributed by atoms with Crippen LogP contribution in [0.15, 0.2) is 23.3 Å². The molecular formula is C11H12N4O4. The Balaban J connectivity index is 1.95. The summed E-state index contributed by atoms with van der Waals surface area (Å²) < 4.78 is 1.13. The molecule has 100 valence electrons. The Bertz CT molecular complexity index is 580. The van der Waals surface area contributed by atoms with E-state index in [4.69, 9.17) is 0 Å². The molecule has 1 atom stereocenters. The summed E-state index contributed by atoms with van der Waals surface area (Å²) >= 11 is 0. The van der Waals surface area contributed by atoms with Gasteiger partial charge in [-0.2, -0.15) is 0 Å². The topological polar surface area (TPSA) is 110 Å². The average molecular weight is 264 g/mol. The van der Waals surface area contributed by atoms with E-state index in [1.807, 2.05) is 0 Å². The molecule has 1 aliphatic heterocycles. The van der Waals surface area contributed by atoms with Gasteiger partial charge in [0.15, 0.2) is 0 Å². The van der Waals surface area contributed by atoms with Gasteiger partial charge in [0.2, 0.25) is 17.7 Å². The van der Waals surface area contributed by atoms with E-state index in [-0.39, 0.29) is 25.3 Å². The Labute approximate surface area is 107 Å². The molecule has 2 N–H and O–H groups in total. The first-order chi connectivity index (χ1) is 9.06. The largest absolute Gasteiger partial charge is 0.347 e. The quantitative estimate of drug-likeness (QED) is 0.624. The fourth-order valence-electron chi connectivity index (χ4n) is 1.73. The molecule has 0 radical (unpaired) electrons. The number of carbonyl (C=O) groups excluding carboxylic acids is 3. The lowest BCUT2D eigenvalue weighted by atomic mass is 10.1. The highest BCUT2D eigenvalue weighted by Crippen LogP contribution is 2.03. The summed E-state index contributed by atoms with van der Waals surface area (Å²) in [6.45, 7) is -0.218. The molecule has 1 aliphatic rings. The summed E-state index contributed by atoms with van der Waals surface area (Å²) in [6.07, 6.45) is 3.21. The number of hydrogen-bond acceptors (Lipinski definition) is 5. The average Bonchev–Trinajstić information content (AvgIpc) is 2.36. The van der Waals surface area contributed by atoms with Crippen LogP contribution < -0.4 is 16.3 Å². The molecule has 0 bridgehead atoms. The Morgan fingerprint density at radius 2 is 2.26 bits per heavy atom. The van der Waals surface area contributed by atoms with E-state index in [9.17, 15) is 19.2 Å². The molecule has 0 aromatic carbocycles. The minimum absolute atomic E-state index is 0.184. The van der Waals surface area contributed by atoms with Crippen LogP contribution in [0.3, 0.4) is 0 Å². The molecule has 8 nitrogen and oxygen atoms in total. The van der Waals surface area contributed by atoms with Crippen molar-refractivity contribution < 1.29 is 14.4 Å². The van der Waals surface area contributed by atoms with Crippen LogP contribution in [0.2, 0.25) is 0 Å². The maximum absolute atomic E-state index is 11.7. The summed E-state index contributed by atoms with van der Waals surface area (Å²) in [5, 5.41) is 4.61. The van der Waals surface area contributed by atoms with Gasteiger partial charge in [-0.25, -0.2) is 9.78 Å². The lowest BCUT2D eigenvalue weighted by Crippen LogP contribution is -2.53. The van der Waals surface area contributed by atoms with Gasteiger partial charge >= 0.3 is 5.69 Å². The van der Waals surface area contributed by atoms with Crippen LogP contribution in [0.4, 0.5) is 0 Å². The number of hydrogen-bond donors (Lipinski definition) is 2. The normalized spacial score (nSPS) is 18.8. The van der Waals surface area contributed by atoms with Gasteiger partial charge in [0.1, 0.15) is 12.6 Å². The van der Waals surface area contributed by atoms with Crippen LogP contribution >= 0.6 is 0 Å². The van der Waals surface area contributed by atoms with Gasteiger partial charge in [-0.15, -0.1) is 0 Å². The molecule has 1 saturated heterocycles. The SMILES string of the molecule is O=C1CCC(NC(=O)Cn2cccnc2=O)C(=O)N1. The van der Waals surface area contributed by atoms with Crippen molar-refractivity contribution in [1.29, 1.82) is 0 Å². The highest BCUT2D eigenvalue weighted by Gasteiger charge is 2.27. The Morgan fingerprint density at radius 3 is 2.95 bits per heavy atom. The zero-order valence-corrected chi connectivity index (χ0v) is 9.96. The third-order valence-corrected chi connectivity index (χ3v) is 2.67.